The molecule has 0 aliphatic heterocycles. The van der Waals surface area contributed by atoms with Crippen molar-refractivity contribution >= 4 is 11.6 Å². The summed E-state index contributed by atoms with van der Waals surface area (Å²) in [6.07, 6.45) is 0.854. The van der Waals surface area contributed by atoms with Crippen LogP contribution in [0, 0.1) is 6.92 Å². The Hall–Kier alpha value is -0.690. The minimum atomic E-state index is 0.214. The van der Waals surface area contributed by atoms with Gasteiger partial charge in [0, 0.05) is 0 Å². The van der Waals surface area contributed by atoms with Crippen LogP contribution in [0.1, 0.15) is 18.1 Å². The molecule has 1 N–H and O–H groups in total. The van der Waals surface area contributed by atoms with Crippen molar-refractivity contribution < 1.29 is 5.11 Å². The molecule has 0 atom stereocenters. The van der Waals surface area contributed by atoms with Crippen LogP contribution in [0.15, 0.2) is 12.1 Å². The summed E-state index contributed by atoms with van der Waals surface area (Å²) in [6, 6.07) is 3.82. The summed E-state index contributed by atoms with van der Waals surface area (Å²) in [7, 11) is 0. The van der Waals surface area contributed by atoms with Gasteiger partial charge in [0.25, 0.3) is 0 Å². The Balaban J connectivity index is 3.25. The Morgan fingerprint density at radius 3 is 2.64 bits per heavy atom. The van der Waals surface area contributed by atoms with Crippen molar-refractivity contribution in [2.75, 3.05) is 0 Å². The average molecular weight is 171 g/mol. The second-order valence-corrected chi connectivity index (χ2v) is 2.94. The lowest BCUT2D eigenvalue weighted by Gasteiger charge is -2.04. The number of phenols is 1. The maximum atomic E-state index is 9.39. The summed E-state index contributed by atoms with van der Waals surface area (Å²) in [4.78, 5) is 0. The van der Waals surface area contributed by atoms with Gasteiger partial charge >= 0.3 is 0 Å². The highest BCUT2D eigenvalue weighted by Crippen LogP contribution is 2.30. The fraction of sp³-hybridized carbons (Fsp3) is 0.333. The van der Waals surface area contributed by atoms with Crippen molar-refractivity contribution in [2.24, 2.45) is 0 Å². The standard InChI is InChI=1S/C9H11ClO/c1-3-7-5-4-6(2)9(11)8(7)10/h4-5,11H,3H2,1-2H3. The maximum Gasteiger partial charge on any atom is 0.137 e. The first-order valence-electron chi connectivity index (χ1n) is 3.63. The van der Waals surface area contributed by atoms with Crippen LogP contribution in [0.3, 0.4) is 0 Å². The molecule has 0 spiro atoms. The van der Waals surface area contributed by atoms with Crippen LogP contribution in [0.2, 0.25) is 5.02 Å². The zero-order valence-electron chi connectivity index (χ0n) is 6.69. The Morgan fingerprint density at radius 1 is 1.45 bits per heavy atom. The number of halogens is 1. The fourth-order valence-corrected chi connectivity index (χ4v) is 1.32. The maximum absolute atomic E-state index is 9.39. The first-order valence-corrected chi connectivity index (χ1v) is 4.01. The molecule has 0 radical (unpaired) electrons. The predicted molar refractivity (Wildman–Crippen MR) is 47.2 cm³/mol. The van der Waals surface area contributed by atoms with Gasteiger partial charge in [-0.05, 0) is 24.5 Å². The summed E-state index contributed by atoms with van der Waals surface area (Å²) in [5.41, 5.74) is 1.82. The van der Waals surface area contributed by atoms with Gasteiger partial charge in [-0.1, -0.05) is 30.7 Å². The monoisotopic (exact) mass is 170 g/mol. The molecule has 1 aromatic rings. The Bertz CT molecular complexity index is 269. The van der Waals surface area contributed by atoms with Gasteiger partial charge in [0.1, 0.15) is 5.75 Å². The molecule has 1 rings (SSSR count). The average Bonchev–Trinajstić information content (AvgIpc) is 2.01. The number of hydrogen-bond acceptors (Lipinski definition) is 1. The van der Waals surface area contributed by atoms with Crippen LogP contribution in [0.4, 0.5) is 0 Å². The van der Waals surface area contributed by atoms with E-state index in [1.807, 2.05) is 26.0 Å². The number of hydrogen-bond donors (Lipinski definition) is 1. The Morgan fingerprint density at radius 2 is 2.09 bits per heavy atom. The molecule has 2 heteroatoms. The summed E-state index contributed by atoms with van der Waals surface area (Å²) < 4.78 is 0. The SMILES string of the molecule is CCc1ccc(C)c(O)c1Cl. The molecule has 1 nitrogen and oxygen atoms in total. The lowest BCUT2D eigenvalue weighted by Crippen LogP contribution is -1.84. The molecular weight excluding hydrogens is 160 g/mol. The molecule has 0 bridgehead atoms. The van der Waals surface area contributed by atoms with Crippen LogP contribution < -0.4 is 0 Å². The lowest BCUT2D eigenvalue weighted by atomic mass is 10.1. The highest BCUT2D eigenvalue weighted by molar-refractivity contribution is 6.32. The van der Waals surface area contributed by atoms with Crippen molar-refractivity contribution in [3.8, 4) is 5.75 Å². The molecule has 11 heavy (non-hydrogen) atoms. The van der Waals surface area contributed by atoms with Crippen LogP contribution in [-0.4, -0.2) is 5.11 Å². The van der Waals surface area contributed by atoms with Gasteiger partial charge in [0.2, 0.25) is 0 Å². The number of aromatic hydroxyl groups is 1. The van der Waals surface area contributed by atoms with E-state index in [9.17, 15) is 5.11 Å². The molecule has 0 aliphatic carbocycles. The van der Waals surface area contributed by atoms with Crippen molar-refractivity contribution in [3.05, 3.63) is 28.3 Å². The van der Waals surface area contributed by atoms with Gasteiger partial charge in [-0.3, -0.25) is 0 Å². The first kappa shape index (κ1) is 8.41. The second-order valence-electron chi connectivity index (χ2n) is 2.56. The first-order chi connectivity index (χ1) is 5.16. The quantitative estimate of drug-likeness (QED) is 0.687. The van der Waals surface area contributed by atoms with Crippen LogP contribution in [-0.2, 0) is 6.42 Å². The topological polar surface area (TPSA) is 20.2 Å². The summed E-state index contributed by atoms with van der Waals surface area (Å²) in [5.74, 6) is 0.214. The second kappa shape index (κ2) is 3.14. The minimum Gasteiger partial charge on any atom is -0.506 e. The van der Waals surface area contributed by atoms with E-state index in [1.54, 1.807) is 0 Å². The number of phenolic OH excluding ortho intramolecular Hbond substituents is 1. The van der Waals surface area contributed by atoms with Crippen molar-refractivity contribution in [1.82, 2.24) is 0 Å². The molecule has 0 saturated heterocycles. The number of rotatable bonds is 1. The van der Waals surface area contributed by atoms with Gasteiger partial charge in [0.05, 0.1) is 5.02 Å². The summed E-state index contributed by atoms with van der Waals surface area (Å²) in [5, 5.41) is 9.88. The Labute approximate surface area is 71.6 Å². The number of aryl methyl sites for hydroxylation is 2. The van der Waals surface area contributed by atoms with Crippen molar-refractivity contribution in [3.63, 3.8) is 0 Å². The van der Waals surface area contributed by atoms with Gasteiger partial charge in [0.15, 0.2) is 0 Å². The molecular formula is C9H11ClO. The third-order valence-electron chi connectivity index (χ3n) is 1.78. The molecule has 0 unspecified atom stereocenters. The van der Waals surface area contributed by atoms with E-state index in [1.165, 1.54) is 0 Å². The van der Waals surface area contributed by atoms with E-state index in [2.05, 4.69) is 0 Å². The van der Waals surface area contributed by atoms with Gasteiger partial charge < -0.3 is 5.11 Å². The van der Waals surface area contributed by atoms with E-state index < -0.39 is 0 Å². The Kier molecular flexibility index (Phi) is 2.40. The fourth-order valence-electron chi connectivity index (χ4n) is 0.976. The van der Waals surface area contributed by atoms with Gasteiger partial charge in [-0.2, -0.15) is 0 Å². The zero-order chi connectivity index (χ0) is 8.43. The highest BCUT2D eigenvalue weighted by atomic mass is 35.5. The lowest BCUT2D eigenvalue weighted by molar-refractivity contribution is 0.470. The molecule has 60 valence electrons. The molecule has 0 fully saturated rings. The predicted octanol–water partition coefficient (Wildman–Crippen LogP) is 2.92. The van der Waals surface area contributed by atoms with Gasteiger partial charge in [-0.25, -0.2) is 0 Å². The van der Waals surface area contributed by atoms with Crippen LogP contribution in [0.5, 0.6) is 5.75 Å². The van der Waals surface area contributed by atoms with E-state index in [4.69, 9.17) is 11.6 Å². The third kappa shape index (κ3) is 1.48. The molecule has 1 aromatic carbocycles. The normalized spacial score (nSPS) is 10.1. The van der Waals surface area contributed by atoms with Crippen molar-refractivity contribution in [1.29, 1.82) is 0 Å². The largest absolute Gasteiger partial charge is 0.506 e. The molecule has 0 saturated carbocycles. The highest BCUT2D eigenvalue weighted by Gasteiger charge is 2.05. The zero-order valence-corrected chi connectivity index (χ0v) is 7.44. The van der Waals surface area contributed by atoms with E-state index in [-0.39, 0.29) is 5.75 Å². The molecule has 0 amide bonds. The minimum absolute atomic E-state index is 0.214. The molecule has 0 aromatic heterocycles. The van der Waals surface area contributed by atoms with Crippen LogP contribution >= 0.6 is 11.6 Å². The smallest absolute Gasteiger partial charge is 0.137 e. The summed E-state index contributed by atoms with van der Waals surface area (Å²) in [6.45, 7) is 3.84. The molecule has 0 heterocycles. The van der Waals surface area contributed by atoms with E-state index in [0.29, 0.717) is 5.02 Å². The van der Waals surface area contributed by atoms with Crippen LogP contribution in [0.25, 0.3) is 0 Å². The van der Waals surface area contributed by atoms with E-state index in [0.717, 1.165) is 17.5 Å². The van der Waals surface area contributed by atoms with Crippen molar-refractivity contribution in [2.45, 2.75) is 20.3 Å². The summed E-state index contributed by atoms with van der Waals surface area (Å²) >= 11 is 5.85. The number of benzene rings is 1. The molecule has 0 aliphatic rings. The van der Waals surface area contributed by atoms with E-state index >= 15 is 0 Å². The van der Waals surface area contributed by atoms with Gasteiger partial charge in [-0.15, -0.1) is 0 Å². The third-order valence-corrected chi connectivity index (χ3v) is 2.20.